The van der Waals surface area contributed by atoms with Crippen molar-refractivity contribution in [3.8, 4) is 28.3 Å². The van der Waals surface area contributed by atoms with Gasteiger partial charge in [0.15, 0.2) is 0 Å². The smallest absolute Gasteiger partial charge is 0.330 e. The highest BCUT2D eigenvalue weighted by Gasteiger charge is 2.44. The molecule has 1 spiro atoms. The Hall–Kier alpha value is -4.49. The molecule has 4 heterocycles. The van der Waals surface area contributed by atoms with Crippen LogP contribution in [-0.2, 0) is 24.8 Å². The Labute approximate surface area is 310 Å². The van der Waals surface area contributed by atoms with Crippen molar-refractivity contribution in [2.24, 2.45) is 7.05 Å². The van der Waals surface area contributed by atoms with Crippen molar-refractivity contribution in [1.29, 1.82) is 0 Å². The van der Waals surface area contributed by atoms with Gasteiger partial charge in [0, 0.05) is 67.5 Å². The molecule has 0 bridgehead atoms. The number of amides is 2. The summed E-state index contributed by atoms with van der Waals surface area (Å²) in [5.41, 5.74) is 3.25. The standard InChI is InChI=1S/C38H40Cl2N6O6/c1-21(47)17-46-19-27(36(50)44(2)37(46)51)34(49)41-28-9-5-7-25(33(28)40)24-6-4-8-26(32(24)39)29-16-22-10-11-23(31(22)35(42-29)52-3)18-45-15-14-38(20-45)13-12-30(48)43-38/h4-9,16,19,21,23,47H,10-15,17-18,20H2,1-3H3,(H,41,49)(H,43,48)/t21-,23+,38-/m0/s1. The number of pyridine rings is 1. The molecule has 12 nitrogen and oxygen atoms in total. The van der Waals surface area contributed by atoms with Crippen LogP contribution in [0, 0.1) is 0 Å². The van der Waals surface area contributed by atoms with Crippen molar-refractivity contribution >= 4 is 40.7 Å². The number of aromatic nitrogens is 3. The largest absolute Gasteiger partial charge is 0.481 e. The number of fused-ring (bicyclic) bond motifs is 1. The molecule has 7 rings (SSSR count). The third kappa shape index (κ3) is 6.64. The molecule has 0 unspecified atom stereocenters. The lowest BCUT2D eigenvalue weighted by Gasteiger charge is -2.26. The van der Waals surface area contributed by atoms with Gasteiger partial charge >= 0.3 is 5.69 Å². The van der Waals surface area contributed by atoms with E-state index in [2.05, 4.69) is 21.6 Å². The minimum Gasteiger partial charge on any atom is -0.481 e. The quantitative estimate of drug-likeness (QED) is 0.225. The first-order chi connectivity index (χ1) is 24.9. The number of aliphatic hydroxyl groups excluding tert-OH is 1. The van der Waals surface area contributed by atoms with Crippen LogP contribution in [0.2, 0.25) is 10.0 Å². The Balaban J connectivity index is 1.15. The average Bonchev–Trinajstić information content (AvgIpc) is 3.83. The summed E-state index contributed by atoms with van der Waals surface area (Å²) >= 11 is 14.0. The SMILES string of the molecule is COc1nc(-c2cccc(-c3cccc(NC(=O)c4cn(C[C@H](C)O)c(=O)n(C)c4=O)c3Cl)c2Cl)cc2c1[C@@H](CN1CC[C@@]3(CCC(=O)N3)C1)CC2. The summed E-state index contributed by atoms with van der Waals surface area (Å²) in [4.78, 5) is 58.1. The summed E-state index contributed by atoms with van der Waals surface area (Å²) in [5.74, 6) is 0.226. The van der Waals surface area contributed by atoms with E-state index in [1.54, 1.807) is 25.3 Å². The van der Waals surface area contributed by atoms with E-state index in [-0.39, 0.29) is 40.2 Å². The molecule has 2 aliphatic heterocycles. The summed E-state index contributed by atoms with van der Waals surface area (Å²) in [7, 11) is 2.91. The van der Waals surface area contributed by atoms with Crippen LogP contribution in [0.5, 0.6) is 5.88 Å². The number of carbonyl (C=O) groups is 2. The summed E-state index contributed by atoms with van der Waals surface area (Å²) in [6.45, 7) is 4.10. The minimum absolute atomic E-state index is 0.0906. The number of hydrogen-bond acceptors (Lipinski definition) is 8. The molecule has 1 aliphatic carbocycles. The lowest BCUT2D eigenvalue weighted by molar-refractivity contribution is -0.119. The maximum absolute atomic E-state index is 13.4. The van der Waals surface area contributed by atoms with Crippen LogP contribution in [0.1, 0.15) is 60.0 Å². The third-order valence-electron chi connectivity index (χ3n) is 10.5. The number of nitrogens with one attached hydrogen (secondary N) is 2. The molecular weight excluding hydrogens is 707 g/mol. The molecule has 3 N–H and O–H groups in total. The Morgan fingerprint density at radius 2 is 1.83 bits per heavy atom. The van der Waals surface area contributed by atoms with Gasteiger partial charge in [-0.3, -0.25) is 23.5 Å². The highest BCUT2D eigenvalue weighted by Crippen LogP contribution is 2.45. The Morgan fingerprint density at radius 1 is 1.10 bits per heavy atom. The minimum atomic E-state index is -0.875. The molecule has 2 fully saturated rings. The van der Waals surface area contributed by atoms with E-state index in [0.29, 0.717) is 39.7 Å². The molecule has 272 valence electrons. The highest BCUT2D eigenvalue weighted by molar-refractivity contribution is 6.39. The molecule has 52 heavy (non-hydrogen) atoms. The molecule has 2 aromatic carbocycles. The molecule has 3 atom stereocenters. The average molecular weight is 748 g/mol. The molecule has 2 amide bonds. The maximum atomic E-state index is 13.4. The van der Waals surface area contributed by atoms with Crippen LogP contribution in [0.3, 0.4) is 0 Å². The number of nitrogens with zero attached hydrogens (tertiary/aromatic N) is 4. The fourth-order valence-electron chi connectivity index (χ4n) is 7.94. The topological polar surface area (TPSA) is 148 Å². The number of rotatable bonds is 9. The van der Waals surface area contributed by atoms with Crippen molar-refractivity contribution in [2.45, 2.75) is 63.1 Å². The van der Waals surface area contributed by atoms with E-state index in [4.69, 9.17) is 32.9 Å². The lowest BCUT2D eigenvalue weighted by atomic mass is 9.96. The van der Waals surface area contributed by atoms with Crippen LogP contribution < -0.4 is 26.6 Å². The zero-order valence-corrected chi connectivity index (χ0v) is 30.7. The van der Waals surface area contributed by atoms with Gasteiger partial charge in [-0.15, -0.1) is 0 Å². The van der Waals surface area contributed by atoms with E-state index in [0.717, 1.165) is 66.2 Å². The Bertz CT molecular complexity index is 2220. The van der Waals surface area contributed by atoms with E-state index < -0.39 is 23.3 Å². The number of hydrogen-bond donors (Lipinski definition) is 3. The summed E-state index contributed by atoms with van der Waals surface area (Å²) in [6, 6.07) is 12.8. The van der Waals surface area contributed by atoms with Gasteiger partial charge in [-0.2, -0.15) is 0 Å². The van der Waals surface area contributed by atoms with Gasteiger partial charge in [-0.25, -0.2) is 9.78 Å². The number of ether oxygens (including phenoxy) is 1. The predicted octanol–water partition coefficient (Wildman–Crippen LogP) is 4.61. The van der Waals surface area contributed by atoms with Gasteiger partial charge in [0.2, 0.25) is 11.8 Å². The summed E-state index contributed by atoms with van der Waals surface area (Å²) < 4.78 is 7.83. The lowest BCUT2D eigenvalue weighted by Crippen LogP contribution is -2.44. The zero-order chi connectivity index (χ0) is 36.9. The van der Waals surface area contributed by atoms with Gasteiger partial charge in [-0.1, -0.05) is 53.5 Å². The van der Waals surface area contributed by atoms with Gasteiger partial charge in [-0.05, 0) is 50.3 Å². The number of anilines is 1. The van der Waals surface area contributed by atoms with Gasteiger partial charge in [0.25, 0.3) is 11.5 Å². The predicted molar refractivity (Wildman–Crippen MR) is 199 cm³/mol. The molecule has 0 radical (unpaired) electrons. The number of carbonyl (C=O) groups excluding carboxylic acids is 2. The number of methoxy groups -OCH3 is 1. The van der Waals surface area contributed by atoms with Crippen molar-refractivity contribution in [3.63, 3.8) is 0 Å². The van der Waals surface area contributed by atoms with Crippen LogP contribution >= 0.6 is 23.2 Å². The summed E-state index contributed by atoms with van der Waals surface area (Å²) in [5, 5.41) is 16.3. The molecule has 3 aliphatic rings. The first-order valence-electron chi connectivity index (χ1n) is 17.4. The number of likely N-dealkylation sites (tertiary alicyclic amines) is 1. The second kappa shape index (κ2) is 14.1. The van der Waals surface area contributed by atoms with Crippen molar-refractivity contribution in [2.75, 3.05) is 32.1 Å². The van der Waals surface area contributed by atoms with Crippen LogP contribution in [-0.4, -0.2) is 74.3 Å². The fraction of sp³-hybridized carbons (Fsp3) is 0.395. The molecule has 2 saturated heterocycles. The third-order valence-corrected chi connectivity index (χ3v) is 11.3. The number of aliphatic hydroxyl groups is 1. The van der Waals surface area contributed by atoms with E-state index in [9.17, 15) is 24.3 Å². The molecule has 14 heteroatoms. The molecule has 2 aromatic heterocycles. The normalized spacial score (nSPS) is 20.3. The van der Waals surface area contributed by atoms with Gasteiger partial charge in [0.05, 0.1) is 46.7 Å². The number of aryl methyl sites for hydroxylation is 1. The zero-order valence-electron chi connectivity index (χ0n) is 29.2. The second-order valence-electron chi connectivity index (χ2n) is 14.1. The van der Waals surface area contributed by atoms with Crippen LogP contribution in [0.4, 0.5) is 5.69 Å². The molecular formula is C38H40Cl2N6O6. The van der Waals surface area contributed by atoms with Gasteiger partial charge in [0.1, 0.15) is 5.56 Å². The van der Waals surface area contributed by atoms with Crippen LogP contribution in [0.25, 0.3) is 22.4 Å². The second-order valence-corrected chi connectivity index (χ2v) is 14.9. The number of halogens is 2. The first-order valence-corrected chi connectivity index (χ1v) is 18.1. The van der Waals surface area contributed by atoms with Crippen molar-refractivity contribution in [3.05, 3.63) is 96.2 Å². The highest BCUT2D eigenvalue weighted by atomic mass is 35.5. The Kier molecular flexibility index (Phi) is 9.77. The fourth-order valence-corrected chi connectivity index (χ4v) is 8.54. The Morgan fingerprint density at radius 3 is 2.54 bits per heavy atom. The van der Waals surface area contributed by atoms with Crippen LogP contribution in [0.15, 0.2) is 58.3 Å². The summed E-state index contributed by atoms with van der Waals surface area (Å²) in [6.07, 6.45) is 4.60. The van der Waals surface area contributed by atoms with E-state index >= 15 is 0 Å². The van der Waals surface area contributed by atoms with Gasteiger partial charge < -0.3 is 25.4 Å². The maximum Gasteiger partial charge on any atom is 0.330 e. The van der Waals surface area contributed by atoms with Crippen molar-refractivity contribution in [1.82, 2.24) is 24.3 Å². The first kappa shape index (κ1) is 35.9. The molecule has 4 aromatic rings. The monoisotopic (exact) mass is 746 g/mol. The van der Waals surface area contributed by atoms with E-state index in [1.165, 1.54) is 19.5 Å². The van der Waals surface area contributed by atoms with E-state index in [1.807, 2.05) is 18.2 Å². The molecule has 0 saturated carbocycles. The number of benzene rings is 2. The van der Waals surface area contributed by atoms with Crippen molar-refractivity contribution < 1.29 is 19.4 Å².